The zero-order valence-electron chi connectivity index (χ0n) is 12.2. The first kappa shape index (κ1) is 17.2. The molecule has 0 aliphatic rings. The van der Waals surface area contributed by atoms with Crippen molar-refractivity contribution in [1.82, 2.24) is 0 Å². The molecule has 1 rings (SSSR count). The summed E-state index contributed by atoms with van der Waals surface area (Å²) in [6.45, 7) is 3.79. The predicted octanol–water partition coefficient (Wildman–Crippen LogP) is 5.36. The highest BCUT2D eigenvalue weighted by atomic mass is 32.2. The molecule has 0 saturated heterocycles. The quantitative estimate of drug-likeness (QED) is 0.292. The molecule has 20 heavy (non-hydrogen) atoms. The molecule has 0 saturated carbocycles. The molecular weight excluding hydrogens is 284 g/mol. The summed E-state index contributed by atoms with van der Waals surface area (Å²) in [5.74, 6) is 6.37. The van der Waals surface area contributed by atoms with E-state index in [4.69, 9.17) is 0 Å². The van der Waals surface area contributed by atoms with E-state index >= 15 is 0 Å². The maximum atomic E-state index is 11.3. The smallest absolute Gasteiger partial charge is 0.186 e. The van der Waals surface area contributed by atoms with Gasteiger partial charge in [-0.05, 0) is 31.4 Å². The van der Waals surface area contributed by atoms with Crippen LogP contribution in [0, 0.1) is 11.8 Å². The van der Waals surface area contributed by atoms with Gasteiger partial charge in [0, 0.05) is 24.7 Å². The monoisotopic (exact) mass is 306 g/mol. The highest BCUT2D eigenvalue weighted by molar-refractivity contribution is 8.24. The van der Waals surface area contributed by atoms with Crippen LogP contribution >= 0.6 is 23.5 Å². The SMILES string of the molecule is CCCC#CCCCC(SC(C)=O)Sc1ccccc1. The Morgan fingerprint density at radius 3 is 2.55 bits per heavy atom. The molecule has 1 unspecified atom stereocenters. The van der Waals surface area contributed by atoms with Crippen LogP contribution in [0.2, 0.25) is 0 Å². The van der Waals surface area contributed by atoms with Gasteiger partial charge in [0.2, 0.25) is 0 Å². The first-order valence-electron chi connectivity index (χ1n) is 7.07. The zero-order chi connectivity index (χ0) is 14.6. The van der Waals surface area contributed by atoms with E-state index in [9.17, 15) is 4.79 Å². The molecule has 3 heteroatoms. The highest BCUT2D eigenvalue weighted by Gasteiger charge is 2.13. The molecule has 1 aromatic carbocycles. The second-order valence-electron chi connectivity index (χ2n) is 4.47. The maximum Gasteiger partial charge on any atom is 0.186 e. The van der Waals surface area contributed by atoms with E-state index in [1.165, 1.54) is 16.7 Å². The minimum atomic E-state index is 0.190. The van der Waals surface area contributed by atoms with E-state index < -0.39 is 0 Å². The molecule has 0 N–H and O–H groups in total. The maximum absolute atomic E-state index is 11.3. The average Bonchev–Trinajstić information content (AvgIpc) is 2.43. The van der Waals surface area contributed by atoms with Crippen molar-refractivity contribution in [2.45, 2.75) is 55.4 Å². The largest absolute Gasteiger partial charge is 0.288 e. The lowest BCUT2D eigenvalue weighted by Crippen LogP contribution is -2.00. The highest BCUT2D eigenvalue weighted by Crippen LogP contribution is 2.34. The average molecular weight is 306 g/mol. The van der Waals surface area contributed by atoms with Gasteiger partial charge < -0.3 is 0 Å². The summed E-state index contributed by atoms with van der Waals surface area (Å²) in [5.41, 5.74) is 0. The third-order valence-electron chi connectivity index (χ3n) is 2.55. The Balaban J connectivity index is 2.40. The van der Waals surface area contributed by atoms with Crippen LogP contribution in [0.5, 0.6) is 0 Å². The normalized spacial score (nSPS) is 11.5. The van der Waals surface area contributed by atoms with Gasteiger partial charge in [-0.1, -0.05) is 36.9 Å². The lowest BCUT2D eigenvalue weighted by molar-refractivity contribution is -0.109. The number of carbonyl (C=O) groups excluding carboxylic acids is 1. The Morgan fingerprint density at radius 2 is 1.90 bits per heavy atom. The van der Waals surface area contributed by atoms with Crippen molar-refractivity contribution < 1.29 is 4.79 Å². The lowest BCUT2D eigenvalue weighted by atomic mass is 10.2. The van der Waals surface area contributed by atoms with Gasteiger partial charge in [-0.3, -0.25) is 4.79 Å². The first-order chi connectivity index (χ1) is 9.72. The molecular formula is C17H22OS2. The lowest BCUT2D eigenvalue weighted by Gasteiger charge is -2.13. The zero-order valence-corrected chi connectivity index (χ0v) is 13.9. The molecule has 0 radical (unpaired) electrons. The third-order valence-corrected chi connectivity index (χ3v) is 5.00. The summed E-state index contributed by atoms with van der Waals surface area (Å²) in [6.07, 6.45) is 5.13. The summed E-state index contributed by atoms with van der Waals surface area (Å²) >= 11 is 3.22. The van der Waals surface area contributed by atoms with Gasteiger partial charge in [0.1, 0.15) is 0 Å². The van der Waals surface area contributed by atoms with Gasteiger partial charge in [-0.15, -0.1) is 23.6 Å². The predicted molar refractivity (Wildman–Crippen MR) is 90.9 cm³/mol. The molecule has 0 aromatic heterocycles. The summed E-state index contributed by atoms with van der Waals surface area (Å²) in [7, 11) is 0. The first-order valence-corrected chi connectivity index (χ1v) is 8.83. The summed E-state index contributed by atoms with van der Waals surface area (Å²) in [5, 5.41) is 0.190. The Hall–Kier alpha value is -0.850. The van der Waals surface area contributed by atoms with Crippen LogP contribution in [0.1, 0.15) is 46.0 Å². The molecule has 1 aromatic rings. The van der Waals surface area contributed by atoms with E-state index in [1.54, 1.807) is 18.7 Å². The molecule has 0 fully saturated rings. The van der Waals surface area contributed by atoms with Crippen molar-refractivity contribution in [1.29, 1.82) is 0 Å². The van der Waals surface area contributed by atoms with E-state index in [1.807, 2.05) is 18.2 Å². The standard InChI is InChI=1S/C17H22OS2/c1-3-4-5-6-7-11-14-17(19-15(2)18)20-16-12-9-8-10-13-16/h8-10,12-13,17H,3-4,7,11,14H2,1-2H3. The number of carbonyl (C=O) groups is 1. The number of hydrogen-bond donors (Lipinski definition) is 0. The minimum absolute atomic E-state index is 0.190. The fraction of sp³-hybridized carbons (Fsp3) is 0.471. The fourth-order valence-corrected chi connectivity index (χ4v) is 4.13. The van der Waals surface area contributed by atoms with E-state index in [2.05, 4.69) is 30.9 Å². The number of hydrogen-bond acceptors (Lipinski definition) is 3. The van der Waals surface area contributed by atoms with E-state index in [0.29, 0.717) is 4.58 Å². The molecule has 0 aliphatic carbocycles. The van der Waals surface area contributed by atoms with Crippen molar-refractivity contribution >= 4 is 28.6 Å². The summed E-state index contributed by atoms with van der Waals surface area (Å²) in [6, 6.07) is 10.3. The van der Waals surface area contributed by atoms with E-state index in [0.717, 1.165) is 32.1 Å². The summed E-state index contributed by atoms with van der Waals surface area (Å²) < 4.78 is 0.294. The summed E-state index contributed by atoms with van der Waals surface area (Å²) in [4.78, 5) is 12.6. The Labute approximate surface area is 131 Å². The number of thioether (sulfide) groups is 2. The van der Waals surface area contributed by atoms with Crippen LogP contribution in [0.15, 0.2) is 35.2 Å². The molecule has 0 amide bonds. The van der Waals surface area contributed by atoms with Crippen molar-refractivity contribution in [2.75, 3.05) is 0 Å². The number of rotatable bonds is 7. The Morgan fingerprint density at radius 1 is 1.20 bits per heavy atom. The molecule has 0 heterocycles. The van der Waals surface area contributed by atoms with Crippen LogP contribution in [-0.2, 0) is 4.79 Å². The van der Waals surface area contributed by atoms with Crippen LogP contribution < -0.4 is 0 Å². The molecule has 1 nitrogen and oxygen atoms in total. The number of benzene rings is 1. The molecule has 0 aliphatic heterocycles. The molecule has 1 atom stereocenters. The van der Waals surface area contributed by atoms with Crippen LogP contribution in [-0.4, -0.2) is 9.70 Å². The Kier molecular flexibility index (Phi) is 9.36. The minimum Gasteiger partial charge on any atom is -0.288 e. The Bertz CT molecular complexity index is 445. The van der Waals surface area contributed by atoms with Crippen LogP contribution in [0.3, 0.4) is 0 Å². The van der Waals surface area contributed by atoms with Gasteiger partial charge in [0.25, 0.3) is 0 Å². The van der Waals surface area contributed by atoms with Gasteiger partial charge in [0.05, 0.1) is 4.58 Å². The second-order valence-corrected chi connectivity index (χ2v) is 7.42. The van der Waals surface area contributed by atoms with Gasteiger partial charge in [0.15, 0.2) is 5.12 Å². The second kappa shape index (κ2) is 10.9. The fourth-order valence-electron chi connectivity index (χ4n) is 1.64. The van der Waals surface area contributed by atoms with Crippen LogP contribution in [0.4, 0.5) is 0 Å². The number of unbranched alkanes of at least 4 members (excludes halogenated alkanes) is 2. The topological polar surface area (TPSA) is 17.1 Å². The van der Waals surface area contributed by atoms with Crippen molar-refractivity contribution in [3.63, 3.8) is 0 Å². The van der Waals surface area contributed by atoms with Crippen molar-refractivity contribution in [3.8, 4) is 11.8 Å². The van der Waals surface area contributed by atoms with Gasteiger partial charge in [-0.2, -0.15) is 0 Å². The molecule has 108 valence electrons. The van der Waals surface area contributed by atoms with Crippen molar-refractivity contribution in [2.24, 2.45) is 0 Å². The third kappa shape index (κ3) is 8.35. The van der Waals surface area contributed by atoms with Crippen molar-refractivity contribution in [3.05, 3.63) is 30.3 Å². The van der Waals surface area contributed by atoms with Crippen LogP contribution in [0.25, 0.3) is 0 Å². The van der Waals surface area contributed by atoms with E-state index in [-0.39, 0.29) is 5.12 Å². The van der Waals surface area contributed by atoms with Gasteiger partial charge >= 0.3 is 0 Å². The molecule has 0 spiro atoms. The molecule has 0 bridgehead atoms. The van der Waals surface area contributed by atoms with Gasteiger partial charge in [-0.25, -0.2) is 0 Å².